The van der Waals surface area contributed by atoms with Gasteiger partial charge in [-0.15, -0.1) is 0 Å². The zero-order valence-corrected chi connectivity index (χ0v) is 15.3. The summed E-state index contributed by atoms with van der Waals surface area (Å²) in [5.41, 5.74) is 4.71. The number of aromatic nitrogens is 2. The van der Waals surface area contributed by atoms with Crippen LogP contribution in [0.2, 0.25) is 0 Å². The molecule has 1 N–H and O–H groups in total. The Morgan fingerprint density at radius 3 is 2.35 bits per heavy atom. The van der Waals surface area contributed by atoms with E-state index in [1.54, 1.807) is 0 Å². The molecule has 4 aromatic rings. The van der Waals surface area contributed by atoms with Crippen molar-refractivity contribution in [1.29, 1.82) is 0 Å². The second-order valence-corrected chi connectivity index (χ2v) is 7.48. The van der Waals surface area contributed by atoms with Crippen LogP contribution in [0.1, 0.15) is 35.0 Å². The molecule has 0 bridgehead atoms. The van der Waals surface area contributed by atoms with Crippen molar-refractivity contribution in [2.24, 2.45) is 0 Å². The fraction of sp³-hybridized carbons (Fsp3) is 0.143. The van der Waals surface area contributed by atoms with E-state index in [-0.39, 0.29) is 0 Å². The van der Waals surface area contributed by atoms with Gasteiger partial charge in [-0.2, -0.15) is 0 Å². The van der Waals surface area contributed by atoms with E-state index in [0.717, 1.165) is 16.8 Å². The standard InChI is InChI=1S/C21H18N2O2S/c1-13(2)14-8-10-15(11-9-14)17-12-23-18(16-6-4-3-5-7-16)19(20(24)25)26-21(23)22-17/h3-13H,1-2H3,(H,24,25). The average molecular weight is 362 g/mol. The Morgan fingerprint density at radius 2 is 1.73 bits per heavy atom. The number of hydrogen-bond acceptors (Lipinski definition) is 3. The van der Waals surface area contributed by atoms with Gasteiger partial charge in [-0.25, -0.2) is 9.78 Å². The lowest BCUT2D eigenvalue weighted by atomic mass is 10.0. The number of aromatic carboxylic acids is 1. The lowest BCUT2D eigenvalue weighted by Gasteiger charge is -2.05. The van der Waals surface area contributed by atoms with Gasteiger partial charge in [0.15, 0.2) is 4.96 Å². The maximum Gasteiger partial charge on any atom is 0.348 e. The van der Waals surface area contributed by atoms with E-state index in [1.165, 1.54) is 16.9 Å². The van der Waals surface area contributed by atoms with Gasteiger partial charge in [0.1, 0.15) is 4.88 Å². The number of carbonyl (C=O) groups is 1. The molecule has 2 aromatic heterocycles. The van der Waals surface area contributed by atoms with Crippen LogP contribution in [0.15, 0.2) is 60.8 Å². The molecule has 2 heterocycles. The van der Waals surface area contributed by atoms with E-state index in [9.17, 15) is 9.90 Å². The molecule has 0 amide bonds. The van der Waals surface area contributed by atoms with Gasteiger partial charge in [0.25, 0.3) is 0 Å². The van der Waals surface area contributed by atoms with Crippen LogP contribution < -0.4 is 0 Å². The quantitative estimate of drug-likeness (QED) is 0.518. The first-order chi connectivity index (χ1) is 12.5. The molecule has 26 heavy (non-hydrogen) atoms. The molecule has 0 unspecified atom stereocenters. The Bertz CT molecular complexity index is 1080. The number of carboxylic acids is 1. The molecule has 0 radical (unpaired) electrons. The van der Waals surface area contributed by atoms with Gasteiger partial charge < -0.3 is 5.11 Å². The maximum atomic E-state index is 11.7. The summed E-state index contributed by atoms with van der Waals surface area (Å²) < 4.78 is 1.88. The van der Waals surface area contributed by atoms with E-state index >= 15 is 0 Å². The minimum Gasteiger partial charge on any atom is -0.477 e. The van der Waals surface area contributed by atoms with Crippen molar-refractivity contribution in [2.75, 3.05) is 0 Å². The van der Waals surface area contributed by atoms with E-state index in [2.05, 4.69) is 43.1 Å². The number of nitrogens with zero attached hydrogens (tertiary/aromatic N) is 2. The van der Waals surface area contributed by atoms with Crippen LogP contribution in [0.4, 0.5) is 0 Å². The van der Waals surface area contributed by atoms with Crippen molar-refractivity contribution >= 4 is 22.3 Å². The molecule has 0 aliphatic rings. The Hall–Kier alpha value is -2.92. The van der Waals surface area contributed by atoms with Gasteiger partial charge in [0, 0.05) is 17.3 Å². The molecule has 130 valence electrons. The summed E-state index contributed by atoms with van der Waals surface area (Å²) in [5.74, 6) is -0.445. The SMILES string of the molecule is CC(C)c1ccc(-c2cn3c(-c4ccccc4)c(C(=O)O)sc3n2)cc1. The summed E-state index contributed by atoms with van der Waals surface area (Å²) in [7, 11) is 0. The molecule has 0 spiro atoms. The Kier molecular flexibility index (Phi) is 4.09. The highest BCUT2D eigenvalue weighted by molar-refractivity contribution is 7.19. The van der Waals surface area contributed by atoms with Crippen molar-refractivity contribution in [2.45, 2.75) is 19.8 Å². The van der Waals surface area contributed by atoms with Crippen molar-refractivity contribution in [1.82, 2.24) is 9.38 Å². The molecular formula is C21H18N2O2S. The molecule has 0 saturated heterocycles. The van der Waals surface area contributed by atoms with Gasteiger partial charge in [-0.3, -0.25) is 4.40 Å². The Labute approximate surface area is 155 Å². The number of thiazole rings is 1. The first-order valence-corrected chi connectivity index (χ1v) is 9.27. The van der Waals surface area contributed by atoms with E-state index in [1.807, 2.05) is 40.9 Å². The van der Waals surface area contributed by atoms with E-state index in [0.29, 0.717) is 21.4 Å². The molecular weight excluding hydrogens is 344 g/mol. The summed E-state index contributed by atoms with van der Waals surface area (Å²) in [6.07, 6.45) is 1.92. The molecule has 2 aromatic carbocycles. The van der Waals surface area contributed by atoms with Crippen LogP contribution in [0.3, 0.4) is 0 Å². The molecule has 4 rings (SSSR count). The fourth-order valence-electron chi connectivity index (χ4n) is 3.03. The zero-order valence-electron chi connectivity index (χ0n) is 14.5. The van der Waals surface area contributed by atoms with E-state index in [4.69, 9.17) is 0 Å². The molecule has 0 fully saturated rings. The highest BCUT2D eigenvalue weighted by Crippen LogP contribution is 2.34. The van der Waals surface area contributed by atoms with Gasteiger partial charge in [0.05, 0.1) is 11.4 Å². The third-order valence-corrected chi connectivity index (χ3v) is 5.48. The van der Waals surface area contributed by atoms with Gasteiger partial charge in [-0.05, 0) is 11.5 Å². The summed E-state index contributed by atoms with van der Waals surface area (Å²) >= 11 is 1.20. The van der Waals surface area contributed by atoms with Crippen molar-refractivity contribution in [3.8, 4) is 22.5 Å². The molecule has 0 aliphatic heterocycles. The summed E-state index contributed by atoms with van der Waals surface area (Å²) in [6.45, 7) is 4.34. The molecule has 0 atom stereocenters. The minimum absolute atomic E-state index is 0.306. The van der Waals surface area contributed by atoms with Crippen LogP contribution in [0.5, 0.6) is 0 Å². The molecule has 0 aliphatic carbocycles. The second kappa shape index (κ2) is 6.42. The van der Waals surface area contributed by atoms with Gasteiger partial charge in [-0.1, -0.05) is 79.8 Å². The average Bonchev–Trinajstić information content (AvgIpc) is 3.20. The number of fused-ring (bicyclic) bond motifs is 1. The number of benzene rings is 2. The third kappa shape index (κ3) is 2.80. The lowest BCUT2D eigenvalue weighted by molar-refractivity contribution is 0.0702. The van der Waals surface area contributed by atoms with Crippen molar-refractivity contribution in [3.63, 3.8) is 0 Å². The monoisotopic (exact) mass is 362 g/mol. The summed E-state index contributed by atoms with van der Waals surface area (Å²) in [4.78, 5) is 17.3. The fourth-order valence-corrected chi connectivity index (χ4v) is 4.00. The molecule has 5 heteroatoms. The number of rotatable bonds is 4. The van der Waals surface area contributed by atoms with Crippen molar-refractivity contribution in [3.05, 3.63) is 71.2 Å². The first-order valence-electron chi connectivity index (χ1n) is 8.45. The van der Waals surface area contributed by atoms with Gasteiger partial charge >= 0.3 is 5.97 Å². The first kappa shape index (κ1) is 16.5. The summed E-state index contributed by atoms with van der Waals surface area (Å²) in [5, 5.41) is 9.58. The highest BCUT2D eigenvalue weighted by Gasteiger charge is 2.21. The van der Waals surface area contributed by atoms with Gasteiger partial charge in [0.2, 0.25) is 0 Å². The predicted octanol–water partition coefficient (Wildman–Crippen LogP) is 5.55. The predicted molar refractivity (Wildman–Crippen MR) is 105 cm³/mol. The van der Waals surface area contributed by atoms with Crippen LogP contribution in [0, 0.1) is 0 Å². The maximum absolute atomic E-state index is 11.7. The lowest BCUT2D eigenvalue weighted by Crippen LogP contribution is -1.97. The second-order valence-electron chi connectivity index (χ2n) is 6.51. The smallest absolute Gasteiger partial charge is 0.348 e. The number of hydrogen-bond donors (Lipinski definition) is 1. The van der Waals surface area contributed by atoms with Crippen LogP contribution in [-0.4, -0.2) is 20.5 Å². The zero-order chi connectivity index (χ0) is 18.3. The number of carboxylic acid groups (broad SMARTS) is 1. The van der Waals surface area contributed by atoms with E-state index < -0.39 is 5.97 Å². The number of imidazole rings is 1. The van der Waals surface area contributed by atoms with Crippen LogP contribution >= 0.6 is 11.3 Å². The normalized spacial score (nSPS) is 11.3. The van der Waals surface area contributed by atoms with Crippen molar-refractivity contribution < 1.29 is 9.90 Å². The summed E-state index contributed by atoms with van der Waals surface area (Å²) in [6, 6.07) is 18.0. The molecule has 4 nitrogen and oxygen atoms in total. The third-order valence-electron chi connectivity index (χ3n) is 4.44. The highest BCUT2D eigenvalue weighted by atomic mass is 32.1. The Morgan fingerprint density at radius 1 is 1.04 bits per heavy atom. The Balaban J connectivity index is 1.86. The topological polar surface area (TPSA) is 54.6 Å². The van der Waals surface area contributed by atoms with Crippen LogP contribution in [0.25, 0.3) is 27.5 Å². The molecule has 0 saturated carbocycles. The van der Waals surface area contributed by atoms with Crippen LogP contribution in [-0.2, 0) is 0 Å². The minimum atomic E-state index is -0.929. The largest absolute Gasteiger partial charge is 0.477 e.